The minimum atomic E-state index is -3.83. The fraction of sp³-hybridized carbons (Fsp3) is 0.167. The number of anilines is 2. The van der Waals surface area contributed by atoms with Crippen LogP contribution in [0.3, 0.4) is 0 Å². The summed E-state index contributed by atoms with van der Waals surface area (Å²) in [5.74, 6) is -0.603. The van der Waals surface area contributed by atoms with Gasteiger partial charge in [-0.15, -0.1) is 0 Å². The lowest BCUT2D eigenvalue weighted by molar-refractivity contribution is -0.116. The predicted octanol–water partition coefficient (Wildman–Crippen LogP) is 3.80. The Balaban J connectivity index is 1.38. The number of nitrogens with one attached hydrogen (secondary N) is 1. The van der Waals surface area contributed by atoms with E-state index < -0.39 is 15.9 Å². The highest BCUT2D eigenvalue weighted by atomic mass is 35.5. The van der Waals surface area contributed by atoms with E-state index in [1.807, 2.05) is 24.3 Å². The van der Waals surface area contributed by atoms with Crippen molar-refractivity contribution in [2.24, 2.45) is 0 Å². The van der Waals surface area contributed by atoms with Gasteiger partial charge in [0.25, 0.3) is 5.91 Å². The zero-order chi connectivity index (χ0) is 23.6. The summed E-state index contributed by atoms with van der Waals surface area (Å²) in [5, 5.41) is 3.09. The Labute approximate surface area is 197 Å². The molecule has 0 spiro atoms. The van der Waals surface area contributed by atoms with Gasteiger partial charge < -0.3 is 10.2 Å². The second-order valence-corrected chi connectivity index (χ2v) is 10.2. The van der Waals surface area contributed by atoms with Gasteiger partial charge in [0, 0.05) is 35.6 Å². The number of fused-ring (bicyclic) bond motifs is 1. The first-order valence-electron chi connectivity index (χ1n) is 10.3. The first kappa shape index (κ1) is 23.0. The molecular formula is C24H22ClN3O4S. The number of likely N-dealkylation sites (N-methyl/N-ethyl adjacent to an activating group) is 1. The van der Waals surface area contributed by atoms with Crippen molar-refractivity contribution in [3.8, 4) is 0 Å². The summed E-state index contributed by atoms with van der Waals surface area (Å²) in [5.41, 5.74) is 3.04. The highest BCUT2D eigenvalue weighted by Gasteiger charge is 2.25. The summed E-state index contributed by atoms with van der Waals surface area (Å²) in [6.45, 7) is 0.265. The van der Waals surface area contributed by atoms with Gasteiger partial charge in [0.05, 0.1) is 11.4 Å². The molecule has 3 aromatic carbocycles. The molecule has 3 aromatic rings. The molecule has 0 unspecified atom stereocenters. The third kappa shape index (κ3) is 4.93. The van der Waals surface area contributed by atoms with Crippen LogP contribution in [-0.2, 0) is 21.2 Å². The summed E-state index contributed by atoms with van der Waals surface area (Å²) in [6, 6.07) is 20.1. The average molecular weight is 484 g/mol. The molecule has 1 heterocycles. The molecular weight excluding hydrogens is 462 g/mol. The number of nitrogens with zero attached hydrogens (tertiary/aromatic N) is 2. The third-order valence-corrected chi connectivity index (χ3v) is 7.51. The quantitative estimate of drug-likeness (QED) is 0.577. The predicted molar refractivity (Wildman–Crippen MR) is 128 cm³/mol. The first-order valence-corrected chi connectivity index (χ1v) is 12.1. The van der Waals surface area contributed by atoms with Crippen LogP contribution in [0.1, 0.15) is 15.9 Å². The van der Waals surface area contributed by atoms with E-state index in [4.69, 9.17) is 11.6 Å². The smallest absolute Gasteiger partial charge is 0.258 e. The lowest BCUT2D eigenvalue weighted by Crippen LogP contribution is -2.35. The van der Waals surface area contributed by atoms with E-state index in [2.05, 4.69) is 5.32 Å². The van der Waals surface area contributed by atoms with Gasteiger partial charge in [-0.2, -0.15) is 4.31 Å². The van der Waals surface area contributed by atoms with Gasteiger partial charge in [0.1, 0.15) is 0 Å². The summed E-state index contributed by atoms with van der Waals surface area (Å²) in [6.07, 6.45) is 0.822. The molecule has 33 heavy (non-hydrogen) atoms. The van der Waals surface area contributed by atoms with E-state index in [0.717, 1.165) is 22.0 Å². The SMILES string of the molecule is CN(CC(=O)Nc1ccc(C(=O)N2CCc3ccccc32)cc1)S(=O)(=O)c1ccc(Cl)cc1. The fourth-order valence-electron chi connectivity index (χ4n) is 3.68. The van der Waals surface area contributed by atoms with Crippen LogP contribution in [0, 0.1) is 0 Å². The Morgan fingerprint density at radius 3 is 2.36 bits per heavy atom. The van der Waals surface area contributed by atoms with Crippen molar-refractivity contribution >= 4 is 44.8 Å². The molecule has 1 aliphatic heterocycles. The Bertz CT molecular complexity index is 1290. The number of sulfonamides is 1. The van der Waals surface area contributed by atoms with Crippen molar-refractivity contribution in [1.82, 2.24) is 4.31 Å². The Hall–Kier alpha value is -3.20. The molecule has 1 N–H and O–H groups in total. The van der Waals surface area contributed by atoms with Crippen LogP contribution in [0.4, 0.5) is 11.4 Å². The number of carbonyl (C=O) groups excluding carboxylic acids is 2. The van der Waals surface area contributed by atoms with E-state index in [1.165, 1.54) is 31.3 Å². The van der Waals surface area contributed by atoms with Crippen molar-refractivity contribution in [3.63, 3.8) is 0 Å². The molecule has 0 fully saturated rings. The van der Waals surface area contributed by atoms with Crippen LogP contribution in [-0.4, -0.2) is 44.7 Å². The molecule has 0 radical (unpaired) electrons. The molecule has 7 nitrogen and oxygen atoms in total. The number of amides is 2. The van der Waals surface area contributed by atoms with Crippen LogP contribution in [0.2, 0.25) is 5.02 Å². The molecule has 1 aliphatic rings. The summed E-state index contributed by atoms with van der Waals surface area (Å²) < 4.78 is 26.2. The van der Waals surface area contributed by atoms with Crippen LogP contribution in [0.15, 0.2) is 77.7 Å². The first-order chi connectivity index (χ1) is 15.8. The standard InChI is InChI=1S/C24H22ClN3O4S/c1-27(33(31,32)21-12-8-19(25)9-13-21)16-23(29)26-20-10-6-18(7-11-20)24(30)28-15-14-17-4-2-3-5-22(17)28/h2-13H,14-16H2,1H3,(H,26,29). The van der Waals surface area contributed by atoms with E-state index in [9.17, 15) is 18.0 Å². The number of halogens is 1. The van der Waals surface area contributed by atoms with E-state index in [1.54, 1.807) is 29.2 Å². The molecule has 170 valence electrons. The number of para-hydroxylation sites is 1. The topological polar surface area (TPSA) is 86.8 Å². The summed E-state index contributed by atoms with van der Waals surface area (Å²) in [4.78, 5) is 27.1. The fourth-order valence-corrected chi connectivity index (χ4v) is 4.93. The lowest BCUT2D eigenvalue weighted by Gasteiger charge is -2.18. The van der Waals surface area contributed by atoms with Crippen molar-refractivity contribution in [3.05, 3.63) is 88.9 Å². The van der Waals surface area contributed by atoms with E-state index >= 15 is 0 Å². The molecule has 0 saturated carbocycles. The van der Waals surface area contributed by atoms with Crippen molar-refractivity contribution in [2.75, 3.05) is 30.4 Å². The molecule has 0 saturated heterocycles. The average Bonchev–Trinajstić information content (AvgIpc) is 3.23. The Morgan fingerprint density at radius 2 is 1.67 bits per heavy atom. The molecule has 4 rings (SSSR count). The molecule has 9 heteroatoms. The van der Waals surface area contributed by atoms with E-state index in [0.29, 0.717) is 22.8 Å². The van der Waals surface area contributed by atoms with Crippen molar-refractivity contribution in [1.29, 1.82) is 0 Å². The molecule has 2 amide bonds. The molecule has 0 aliphatic carbocycles. The second kappa shape index (κ2) is 9.35. The highest BCUT2D eigenvalue weighted by molar-refractivity contribution is 7.89. The summed E-state index contributed by atoms with van der Waals surface area (Å²) >= 11 is 5.81. The zero-order valence-corrected chi connectivity index (χ0v) is 19.4. The lowest BCUT2D eigenvalue weighted by atomic mass is 10.1. The van der Waals surface area contributed by atoms with Crippen molar-refractivity contribution in [2.45, 2.75) is 11.3 Å². The van der Waals surface area contributed by atoms with Crippen LogP contribution in [0.5, 0.6) is 0 Å². The Morgan fingerprint density at radius 1 is 1.00 bits per heavy atom. The zero-order valence-electron chi connectivity index (χ0n) is 17.9. The monoisotopic (exact) mass is 483 g/mol. The minimum Gasteiger partial charge on any atom is -0.325 e. The minimum absolute atomic E-state index is 0.0496. The highest BCUT2D eigenvalue weighted by Crippen LogP contribution is 2.29. The molecule has 0 bridgehead atoms. The Kier molecular flexibility index (Phi) is 6.51. The van der Waals surface area contributed by atoms with Gasteiger partial charge in [0.2, 0.25) is 15.9 Å². The summed E-state index contributed by atoms with van der Waals surface area (Å²) in [7, 11) is -2.50. The van der Waals surface area contributed by atoms with Gasteiger partial charge in [-0.25, -0.2) is 8.42 Å². The number of hydrogen-bond donors (Lipinski definition) is 1. The number of carbonyl (C=O) groups is 2. The van der Waals surface area contributed by atoms with Crippen LogP contribution < -0.4 is 10.2 Å². The van der Waals surface area contributed by atoms with E-state index in [-0.39, 0.29) is 17.3 Å². The van der Waals surface area contributed by atoms with Gasteiger partial charge in [-0.05, 0) is 66.6 Å². The van der Waals surface area contributed by atoms with Gasteiger partial charge in [0.15, 0.2) is 0 Å². The maximum absolute atomic E-state index is 12.9. The molecule has 0 aromatic heterocycles. The van der Waals surface area contributed by atoms with Gasteiger partial charge in [-0.1, -0.05) is 29.8 Å². The van der Waals surface area contributed by atoms with Crippen molar-refractivity contribution < 1.29 is 18.0 Å². The number of hydrogen-bond acceptors (Lipinski definition) is 4. The van der Waals surface area contributed by atoms with Gasteiger partial charge >= 0.3 is 0 Å². The van der Waals surface area contributed by atoms with Crippen LogP contribution >= 0.6 is 11.6 Å². The number of rotatable bonds is 6. The van der Waals surface area contributed by atoms with Crippen LogP contribution in [0.25, 0.3) is 0 Å². The normalized spacial score (nSPS) is 13.1. The van der Waals surface area contributed by atoms with Gasteiger partial charge in [-0.3, -0.25) is 9.59 Å². The third-order valence-electron chi connectivity index (χ3n) is 5.44. The maximum atomic E-state index is 12.9. The largest absolute Gasteiger partial charge is 0.325 e. The maximum Gasteiger partial charge on any atom is 0.258 e. The molecule has 0 atom stereocenters. The number of benzene rings is 3. The second-order valence-electron chi connectivity index (χ2n) is 7.68.